The summed E-state index contributed by atoms with van der Waals surface area (Å²) in [6, 6.07) is 8.25. The lowest BCUT2D eigenvalue weighted by atomic mass is 9.94. The Morgan fingerprint density at radius 3 is 2.78 bits per heavy atom. The van der Waals surface area contributed by atoms with Crippen LogP contribution in [0.15, 0.2) is 24.3 Å². The maximum Gasteiger partial charge on any atom is 0.0441 e. The average molecular weight is 286 g/mol. The van der Waals surface area contributed by atoms with Gasteiger partial charge in [-0.3, -0.25) is 0 Å². The minimum Gasteiger partial charge on any atom is -0.316 e. The lowest BCUT2D eigenvalue weighted by molar-refractivity contribution is 0.545. The van der Waals surface area contributed by atoms with Crippen molar-refractivity contribution in [3.8, 4) is 0 Å². The van der Waals surface area contributed by atoms with Crippen molar-refractivity contribution in [2.24, 2.45) is 0 Å². The molecule has 0 amide bonds. The number of hydrogen-bond acceptors (Lipinski definition) is 2. The van der Waals surface area contributed by atoms with Crippen LogP contribution in [0.2, 0.25) is 5.02 Å². The van der Waals surface area contributed by atoms with Crippen molar-refractivity contribution in [1.29, 1.82) is 0 Å². The van der Waals surface area contributed by atoms with Gasteiger partial charge in [-0.1, -0.05) is 36.7 Å². The lowest BCUT2D eigenvalue weighted by Crippen LogP contribution is -2.22. The second-order valence-corrected chi connectivity index (χ2v) is 5.95. The van der Waals surface area contributed by atoms with E-state index in [4.69, 9.17) is 11.6 Å². The SMILES string of the molecule is CCCNCC(CCCSC)c1ccccc1Cl. The summed E-state index contributed by atoms with van der Waals surface area (Å²) in [6.45, 7) is 4.32. The Morgan fingerprint density at radius 2 is 2.11 bits per heavy atom. The van der Waals surface area contributed by atoms with Crippen molar-refractivity contribution in [2.75, 3.05) is 25.1 Å². The molecule has 0 aliphatic rings. The first-order valence-corrected chi connectivity index (χ1v) is 8.50. The number of rotatable bonds is 9. The van der Waals surface area contributed by atoms with Crippen molar-refractivity contribution in [1.82, 2.24) is 5.32 Å². The molecule has 1 unspecified atom stereocenters. The molecule has 0 heterocycles. The monoisotopic (exact) mass is 285 g/mol. The molecule has 102 valence electrons. The molecule has 0 spiro atoms. The third kappa shape index (κ3) is 5.64. The second-order valence-electron chi connectivity index (χ2n) is 4.56. The number of thioether (sulfide) groups is 1. The molecular formula is C15H24ClNS. The van der Waals surface area contributed by atoms with E-state index in [0.717, 1.165) is 18.1 Å². The molecule has 1 nitrogen and oxygen atoms in total. The van der Waals surface area contributed by atoms with Gasteiger partial charge in [-0.2, -0.15) is 11.8 Å². The van der Waals surface area contributed by atoms with Gasteiger partial charge in [0.15, 0.2) is 0 Å². The zero-order chi connectivity index (χ0) is 13.2. The highest BCUT2D eigenvalue weighted by atomic mass is 35.5. The smallest absolute Gasteiger partial charge is 0.0441 e. The third-order valence-electron chi connectivity index (χ3n) is 3.06. The van der Waals surface area contributed by atoms with Gasteiger partial charge in [0.25, 0.3) is 0 Å². The first-order valence-electron chi connectivity index (χ1n) is 6.73. The van der Waals surface area contributed by atoms with Gasteiger partial charge in [0, 0.05) is 11.6 Å². The van der Waals surface area contributed by atoms with E-state index in [2.05, 4.69) is 30.6 Å². The maximum absolute atomic E-state index is 6.31. The molecule has 0 aliphatic heterocycles. The summed E-state index contributed by atoms with van der Waals surface area (Å²) in [5, 5.41) is 4.43. The lowest BCUT2D eigenvalue weighted by Gasteiger charge is -2.19. The predicted molar refractivity (Wildman–Crippen MR) is 85.0 cm³/mol. The molecule has 0 saturated carbocycles. The molecule has 0 bridgehead atoms. The quantitative estimate of drug-likeness (QED) is 0.667. The Morgan fingerprint density at radius 1 is 1.33 bits per heavy atom. The molecule has 1 atom stereocenters. The normalized spacial score (nSPS) is 12.6. The minimum atomic E-state index is 0.539. The van der Waals surface area contributed by atoms with Crippen molar-refractivity contribution in [2.45, 2.75) is 32.1 Å². The van der Waals surface area contributed by atoms with E-state index in [1.165, 1.54) is 30.6 Å². The Labute approximate surface area is 121 Å². The van der Waals surface area contributed by atoms with Gasteiger partial charge in [0.1, 0.15) is 0 Å². The van der Waals surface area contributed by atoms with Crippen LogP contribution >= 0.6 is 23.4 Å². The van der Waals surface area contributed by atoms with Crippen LogP contribution in [0.1, 0.15) is 37.7 Å². The van der Waals surface area contributed by atoms with Crippen molar-refractivity contribution in [3.05, 3.63) is 34.9 Å². The summed E-state index contributed by atoms with van der Waals surface area (Å²) < 4.78 is 0. The molecule has 1 aromatic rings. The number of halogens is 1. The molecule has 0 aliphatic carbocycles. The standard InChI is InChI=1S/C15H24ClNS/c1-3-10-17-12-13(7-6-11-18-2)14-8-4-5-9-15(14)16/h4-5,8-9,13,17H,3,6-7,10-12H2,1-2H3. The first kappa shape index (κ1) is 15.9. The van der Waals surface area contributed by atoms with Crippen LogP contribution in [0.25, 0.3) is 0 Å². The van der Waals surface area contributed by atoms with Gasteiger partial charge in [0.05, 0.1) is 0 Å². The second kappa shape index (κ2) is 9.71. The van der Waals surface area contributed by atoms with E-state index in [0.29, 0.717) is 5.92 Å². The highest BCUT2D eigenvalue weighted by Crippen LogP contribution is 2.27. The number of nitrogens with one attached hydrogen (secondary N) is 1. The molecule has 0 saturated heterocycles. The molecular weight excluding hydrogens is 262 g/mol. The van der Waals surface area contributed by atoms with E-state index in [1.54, 1.807) is 0 Å². The van der Waals surface area contributed by atoms with E-state index in [1.807, 2.05) is 23.9 Å². The fourth-order valence-corrected chi connectivity index (χ4v) is 2.85. The Bertz CT molecular complexity index is 320. The van der Waals surface area contributed by atoms with Gasteiger partial charge in [0.2, 0.25) is 0 Å². The average Bonchev–Trinajstić information content (AvgIpc) is 2.38. The predicted octanol–water partition coefficient (Wildman–Crippen LogP) is 4.57. The van der Waals surface area contributed by atoms with E-state index in [-0.39, 0.29) is 0 Å². The Balaban J connectivity index is 2.60. The van der Waals surface area contributed by atoms with Gasteiger partial charge in [-0.15, -0.1) is 0 Å². The topological polar surface area (TPSA) is 12.0 Å². The van der Waals surface area contributed by atoms with Crippen LogP contribution in [0.3, 0.4) is 0 Å². The van der Waals surface area contributed by atoms with Crippen LogP contribution in [-0.4, -0.2) is 25.1 Å². The molecule has 1 rings (SSSR count). The van der Waals surface area contributed by atoms with Gasteiger partial charge in [-0.25, -0.2) is 0 Å². The largest absolute Gasteiger partial charge is 0.316 e. The van der Waals surface area contributed by atoms with Gasteiger partial charge in [-0.05, 0) is 55.4 Å². The van der Waals surface area contributed by atoms with Gasteiger partial charge >= 0.3 is 0 Å². The molecule has 18 heavy (non-hydrogen) atoms. The zero-order valence-electron chi connectivity index (χ0n) is 11.4. The summed E-state index contributed by atoms with van der Waals surface area (Å²) in [6.07, 6.45) is 5.81. The van der Waals surface area contributed by atoms with E-state index in [9.17, 15) is 0 Å². The van der Waals surface area contributed by atoms with Crippen LogP contribution in [0.5, 0.6) is 0 Å². The van der Waals surface area contributed by atoms with Crippen LogP contribution < -0.4 is 5.32 Å². The molecule has 0 aromatic heterocycles. The fourth-order valence-electron chi connectivity index (χ4n) is 2.10. The van der Waals surface area contributed by atoms with Crippen molar-refractivity contribution >= 4 is 23.4 Å². The summed E-state index contributed by atoms with van der Waals surface area (Å²) in [4.78, 5) is 0. The Hall–Kier alpha value is -0.180. The van der Waals surface area contributed by atoms with Crippen molar-refractivity contribution in [3.63, 3.8) is 0 Å². The van der Waals surface area contributed by atoms with Crippen LogP contribution in [0.4, 0.5) is 0 Å². The molecule has 3 heteroatoms. The maximum atomic E-state index is 6.31. The fraction of sp³-hybridized carbons (Fsp3) is 0.600. The summed E-state index contributed by atoms with van der Waals surface area (Å²) in [5.74, 6) is 1.77. The number of benzene rings is 1. The zero-order valence-corrected chi connectivity index (χ0v) is 13.0. The molecule has 0 fully saturated rings. The van der Waals surface area contributed by atoms with Gasteiger partial charge < -0.3 is 5.32 Å². The highest BCUT2D eigenvalue weighted by Gasteiger charge is 2.13. The molecule has 0 radical (unpaired) electrons. The first-order chi connectivity index (χ1) is 8.79. The number of hydrogen-bond donors (Lipinski definition) is 1. The van der Waals surface area contributed by atoms with Crippen LogP contribution in [-0.2, 0) is 0 Å². The van der Waals surface area contributed by atoms with E-state index >= 15 is 0 Å². The highest BCUT2D eigenvalue weighted by molar-refractivity contribution is 7.98. The molecule has 1 aromatic carbocycles. The third-order valence-corrected chi connectivity index (χ3v) is 4.10. The molecule has 1 N–H and O–H groups in total. The summed E-state index contributed by atoms with van der Waals surface area (Å²) >= 11 is 8.23. The summed E-state index contributed by atoms with van der Waals surface area (Å²) in [5.41, 5.74) is 1.30. The van der Waals surface area contributed by atoms with E-state index < -0.39 is 0 Å². The van der Waals surface area contributed by atoms with Crippen LogP contribution in [0, 0.1) is 0 Å². The summed E-state index contributed by atoms with van der Waals surface area (Å²) in [7, 11) is 0. The van der Waals surface area contributed by atoms with Crippen molar-refractivity contribution < 1.29 is 0 Å². The Kier molecular flexibility index (Phi) is 8.57. The minimum absolute atomic E-state index is 0.539.